The summed E-state index contributed by atoms with van der Waals surface area (Å²) in [5, 5.41) is 0.487. The molecular weight excluding hydrogens is 360 g/mol. The molecule has 3 heterocycles. The van der Waals surface area contributed by atoms with E-state index in [1.165, 1.54) is 6.26 Å². The zero-order valence-corrected chi connectivity index (χ0v) is 15.7. The first-order chi connectivity index (χ1) is 13.5. The number of rotatable bonds is 2. The minimum absolute atomic E-state index is 0.121. The lowest BCUT2D eigenvalue weighted by atomic mass is 9.99. The van der Waals surface area contributed by atoms with Crippen molar-refractivity contribution in [3.8, 4) is 34.1 Å². The summed E-state index contributed by atoms with van der Waals surface area (Å²) < 4.78 is 28.1. The average Bonchev–Trinajstić information content (AvgIpc) is 3.15. The fourth-order valence-electron chi connectivity index (χ4n) is 3.54. The van der Waals surface area contributed by atoms with Crippen molar-refractivity contribution < 1.29 is 23.4 Å². The Hall–Kier alpha value is -3.41. The van der Waals surface area contributed by atoms with Gasteiger partial charge in [0.25, 0.3) is 0 Å². The molecule has 2 aliphatic heterocycles. The Bertz CT molecular complexity index is 1200. The molecule has 0 N–H and O–H groups in total. The van der Waals surface area contributed by atoms with Crippen molar-refractivity contribution in [1.29, 1.82) is 0 Å². The van der Waals surface area contributed by atoms with E-state index in [4.69, 9.17) is 23.4 Å². The van der Waals surface area contributed by atoms with Crippen molar-refractivity contribution in [3.05, 3.63) is 52.4 Å². The summed E-state index contributed by atoms with van der Waals surface area (Å²) in [7, 11) is 1.55. The van der Waals surface area contributed by atoms with Crippen LogP contribution in [0, 0.1) is 0 Å². The molecule has 0 unspecified atom stereocenters. The molecule has 2 aromatic carbocycles. The van der Waals surface area contributed by atoms with Gasteiger partial charge in [-0.25, -0.2) is 0 Å². The molecule has 0 aliphatic carbocycles. The maximum absolute atomic E-state index is 13.2. The molecule has 0 fully saturated rings. The maximum Gasteiger partial charge on any atom is 0.231 e. The van der Waals surface area contributed by atoms with Gasteiger partial charge in [-0.2, -0.15) is 0 Å². The molecule has 1 aromatic heterocycles. The molecular formula is C22H18O6. The molecule has 0 atom stereocenters. The highest BCUT2D eigenvalue weighted by Gasteiger charge is 2.25. The van der Waals surface area contributed by atoms with Crippen LogP contribution >= 0.6 is 0 Å². The molecule has 142 valence electrons. The minimum Gasteiger partial charge on any atom is -0.493 e. The SMILES string of the molecule is COc1cc(-c2coc3c4c(ccc3c2=O)OC(C)(C)C=C4)cc2c1OCO2. The average molecular weight is 378 g/mol. The van der Waals surface area contributed by atoms with Gasteiger partial charge < -0.3 is 23.4 Å². The number of hydrogen-bond acceptors (Lipinski definition) is 6. The van der Waals surface area contributed by atoms with Gasteiger partial charge in [-0.1, -0.05) is 0 Å². The van der Waals surface area contributed by atoms with Crippen LogP contribution < -0.4 is 24.4 Å². The fourth-order valence-corrected chi connectivity index (χ4v) is 3.54. The summed E-state index contributed by atoms with van der Waals surface area (Å²) in [5.41, 5.74) is 1.80. The van der Waals surface area contributed by atoms with Crippen LogP contribution in [-0.4, -0.2) is 19.5 Å². The quantitative estimate of drug-likeness (QED) is 0.659. The first-order valence-electron chi connectivity index (χ1n) is 8.91. The predicted octanol–water partition coefficient (Wildman–Crippen LogP) is 4.38. The van der Waals surface area contributed by atoms with Crippen molar-refractivity contribution in [1.82, 2.24) is 0 Å². The smallest absolute Gasteiger partial charge is 0.231 e. The van der Waals surface area contributed by atoms with E-state index in [1.54, 1.807) is 25.3 Å². The van der Waals surface area contributed by atoms with Gasteiger partial charge in [0.1, 0.15) is 23.2 Å². The standard InChI is InChI=1S/C22H18O6/c1-22(2)7-6-13-16(28-22)5-4-14-19(23)15(10-25-20(13)14)12-8-17(24-3)21-18(9-12)26-11-27-21/h4-10H,11H2,1-3H3. The van der Waals surface area contributed by atoms with E-state index in [0.717, 1.165) is 5.56 Å². The van der Waals surface area contributed by atoms with Gasteiger partial charge in [-0.3, -0.25) is 4.79 Å². The van der Waals surface area contributed by atoms with Crippen LogP contribution in [0.4, 0.5) is 0 Å². The van der Waals surface area contributed by atoms with Gasteiger partial charge in [-0.05, 0) is 55.8 Å². The molecule has 2 aliphatic rings. The number of ether oxygens (including phenoxy) is 4. The van der Waals surface area contributed by atoms with E-state index in [9.17, 15) is 4.79 Å². The Morgan fingerprint density at radius 3 is 2.79 bits per heavy atom. The molecule has 0 bridgehead atoms. The van der Waals surface area contributed by atoms with Gasteiger partial charge in [-0.15, -0.1) is 0 Å². The molecule has 0 spiro atoms. The normalized spacial score (nSPS) is 16.0. The lowest BCUT2D eigenvalue weighted by Gasteiger charge is -2.27. The molecule has 0 amide bonds. The van der Waals surface area contributed by atoms with E-state index >= 15 is 0 Å². The van der Waals surface area contributed by atoms with E-state index < -0.39 is 5.60 Å². The Morgan fingerprint density at radius 2 is 1.96 bits per heavy atom. The van der Waals surface area contributed by atoms with E-state index in [0.29, 0.717) is 45.1 Å². The van der Waals surface area contributed by atoms with Gasteiger partial charge in [0.15, 0.2) is 11.5 Å². The zero-order valence-electron chi connectivity index (χ0n) is 15.7. The van der Waals surface area contributed by atoms with Crippen LogP contribution in [0.25, 0.3) is 28.2 Å². The number of hydrogen-bond donors (Lipinski definition) is 0. The second kappa shape index (κ2) is 5.79. The van der Waals surface area contributed by atoms with Crippen LogP contribution in [0.1, 0.15) is 19.4 Å². The van der Waals surface area contributed by atoms with Crippen LogP contribution in [0.3, 0.4) is 0 Å². The Balaban J connectivity index is 1.69. The zero-order chi connectivity index (χ0) is 19.5. The monoisotopic (exact) mass is 378 g/mol. The summed E-state index contributed by atoms with van der Waals surface area (Å²) >= 11 is 0. The van der Waals surface area contributed by atoms with Crippen molar-refractivity contribution >= 4 is 17.0 Å². The molecule has 0 saturated carbocycles. The Morgan fingerprint density at radius 1 is 1.11 bits per heavy atom. The third-order valence-corrected chi connectivity index (χ3v) is 4.93. The molecule has 5 rings (SSSR count). The van der Waals surface area contributed by atoms with E-state index in [2.05, 4.69) is 0 Å². The van der Waals surface area contributed by atoms with Crippen molar-refractivity contribution in [2.75, 3.05) is 13.9 Å². The Kier molecular flexibility index (Phi) is 3.46. The molecule has 28 heavy (non-hydrogen) atoms. The van der Waals surface area contributed by atoms with E-state index in [-0.39, 0.29) is 12.2 Å². The third-order valence-electron chi connectivity index (χ3n) is 4.93. The van der Waals surface area contributed by atoms with E-state index in [1.807, 2.05) is 32.1 Å². The molecule has 0 saturated heterocycles. The van der Waals surface area contributed by atoms with Gasteiger partial charge >= 0.3 is 0 Å². The second-order valence-corrected chi connectivity index (χ2v) is 7.28. The highest BCUT2D eigenvalue weighted by atomic mass is 16.7. The molecule has 0 radical (unpaired) electrons. The predicted molar refractivity (Wildman–Crippen MR) is 104 cm³/mol. The number of fused-ring (bicyclic) bond motifs is 4. The third kappa shape index (κ3) is 2.45. The minimum atomic E-state index is -0.399. The first-order valence-corrected chi connectivity index (χ1v) is 8.91. The summed E-state index contributed by atoms with van der Waals surface area (Å²) in [6, 6.07) is 7.05. The summed E-state index contributed by atoms with van der Waals surface area (Å²) in [6.45, 7) is 4.07. The van der Waals surface area contributed by atoms with Crippen LogP contribution in [0.15, 0.2) is 45.8 Å². The van der Waals surface area contributed by atoms with Gasteiger partial charge in [0, 0.05) is 0 Å². The largest absolute Gasteiger partial charge is 0.493 e. The number of benzene rings is 2. The highest BCUT2D eigenvalue weighted by molar-refractivity contribution is 5.91. The lowest BCUT2D eigenvalue weighted by molar-refractivity contribution is 0.159. The maximum atomic E-state index is 13.2. The van der Waals surface area contributed by atoms with Crippen LogP contribution in [0.5, 0.6) is 23.0 Å². The molecule has 6 heteroatoms. The number of methoxy groups -OCH3 is 1. The van der Waals surface area contributed by atoms with Crippen molar-refractivity contribution in [2.24, 2.45) is 0 Å². The summed E-state index contributed by atoms with van der Waals surface area (Å²) in [6.07, 6.45) is 5.36. The van der Waals surface area contributed by atoms with Crippen LogP contribution in [-0.2, 0) is 0 Å². The van der Waals surface area contributed by atoms with Crippen molar-refractivity contribution in [3.63, 3.8) is 0 Å². The van der Waals surface area contributed by atoms with Crippen LogP contribution in [0.2, 0.25) is 0 Å². The molecule has 3 aromatic rings. The van der Waals surface area contributed by atoms with Gasteiger partial charge in [0.2, 0.25) is 18.0 Å². The topological polar surface area (TPSA) is 67.1 Å². The first kappa shape index (κ1) is 16.7. The second-order valence-electron chi connectivity index (χ2n) is 7.28. The highest BCUT2D eigenvalue weighted by Crippen LogP contribution is 2.44. The lowest BCUT2D eigenvalue weighted by Crippen LogP contribution is -2.27. The summed E-state index contributed by atoms with van der Waals surface area (Å²) in [4.78, 5) is 13.2. The Labute approximate surface area is 160 Å². The van der Waals surface area contributed by atoms with Crippen molar-refractivity contribution in [2.45, 2.75) is 19.4 Å². The molecule has 6 nitrogen and oxygen atoms in total. The van der Waals surface area contributed by atoms with Gasteiger partial charge in [0.05, 0.1) is 23.6 Å². The summed E-state index contributed by atoms with van der Waals surface area (Å²) in [5.74, 6) is 2.28. The fraction of sp³-hybridized carbons (Fsp3) is 0.227.